The van der Waals surface area contributed by atoms with Crippen molar-refractivity contribution in [2.24, 2.45) is 0 Å². The summed E-state index contributed by atoms with van der Waals surface area (Å²) in [6.07, 6.45) is 5.45. The van der Waals surface area contributed by atoms with Gasteiger partial charge in [0, 0.05) is 43.1 Å². The lowest BCUT2D eigenvalue weighted by atomic mass is 10.2. The van der Waals surface area contributed by atoms with E-state index in [4.69, 9.17) is 0 Å². The molecule has 0 aliphatic heterocycles. The Kier molecular flexibility index (Phi) is 4.09. The lowest BCUT2D eigenvalue weighted by Gasteiger charge is -2.20. The monoisotopic (exact) mass is 291 g/mol. The van der Waals surface area contributed by atoms with Crippen molar-refractivity contribution >= 4 is 21.7 Å². The number of halogens is 1. The van der Waals surface area contributed by atoms with Gasteiger partial charge in [0.15, 0.2) is 0 Å². The van der Waals surface area contributed by atoms with Crippen molar-refractivity contribution in [3.8, 4) is 0 Å². The highest BCUT2D eigenvalue weighted by molar-refractivity contribution is 9.08. The fraction of sp³-hybridized carbons (Fsp3) is 0.231. The summed E-state index contributed by atoms with van der Waals surface area (Å²) in [4.78, 5) is 10.6. The molecule has 0 amide bonds. The maximum atomic E-state index is 4.43. The van der Waals surface area contributed by atoms with E-state index in [1.165, 1.54) is 11.1 Å². The van der Waals surface area contributed by atoms with Crippen molar-refractivity contribution in [1.82, 2.24) is 9.97 Å². The molecule has 0 saturated carbocycles. The molecule has 0 fully saturated rings. The van der Waals surface area contributed by atoms with Crippen LogP contribution >= 0.6 is 15.9 Å². The molecule has 0 atom stereocenters. The molecule has 0 bridgehead atoms. The van der Waals surface area contributed by atoms with Gasteiger partial charge in [-0.15, -0.1) is 0 Å². The second-order valence-electron chi connectivity index (χ2n) is 3.83. The van der Waals surface area contributed by atoms with E-state index in [0.29, 0.717) is 0 Å². The predicted molar refractivity (Wildman–Crippen MR) is 73.2 cm³/mol. The highest BCUT2D eigenvalue weighted by Gasteiger charge is 2.07. The first-order valence-electron chi connectivity index (χ1n) is 5.41. The highest BCUT2D eigenvalue weighted by Crippen LogP contribution is 2.19. The molecule has 0 saturated heterocycles. The molecule has 0 aromatic carbocycles. The normalized spacial score (nSPS) is 10.2. The zero-order valence-corrected chi connectivity index (χ0v) is 11.3. The van der Waals surface area contributed by atoms with Gasteiger partial charge in [-0.25, -0.2) is 4.98 Å². The van der Waals surface area contributed by atoms with Gasteiger partial charge >= 0.3 is 0 Å². The molecule has 2 aromatic heterocycles. The van der Waals surface area contributed by atoms with Gasteiger partial charge in [0.25, 0.3) is 0 Å². The Morgan fingerprint density at radius 2 is 1.94 bits per heavy atom. The molecule has 2 aromatic rings. The third kappa shape index (κ3) is 3.03. The molecular formula is C13H14BrN3. The Morgan fingerprint density at radius 3 is 2.65 bits per heavy atom. The third-order valence-electron chi connectivity index (χ3n) is 2.54. The number of aromatic nitrogens is 2. The molecule has 88 valence electrons. The van der Waals surface area contributed by atoms with E-state index in [2.05, 4.69) is 43.9 Å². The van der Waals surface area contributed by atoms with Gasteiger partial charge in [0.1, 0.15) is 5.82 Å². The number of hydrogen-bond acceptors (Lipinski definition) is 3. The molecule has 3 nitrogen and oxygen atoms in total. The Hall–Kier alpha value is -1.42. The first-order valence-corrected chi connectivity index (χ1v) is 6.53. The second kappa shape index (κ2) is 5.77. The van der Waals surface area contributed by atoms with Gasteiger partial charge in [0.2, 0.25) is 0 Å². The van der Waals surface area contributed by atoms with E-state index in [-0.39, 0.29) is 0 Å². The van der Waals surface area contributed by atoms with Crippen LogP contribution in [0.25, 0.3) is 0 Å². The van der Waals surface area contributed by atoms with Crippen molar-refractivity contribution < 1.29 is 0 Å². The Morgan fingerprint density at radius 1 is 1.18 bits per heavy atom. The maximum Gasteiger partial charge on any atom is 0.132 e. The summed E-state index contributed by atoms with van der Waals surface area (Å²) in [6.45, 7) is 0.833. The molecular weight excluding hydrogens is 278 g/mol. The second-order valence-corrected chi connectivity index (χ2v) is 4.39. The number of anilines is 1. The van der Waals surface area contributed by atoms with Gasteiger partial charge < -0.3 is 4.90 Å². The third-order valence-corrected chi connectivity index (χ3v) is 3.15. The fourth-order valence-corrected chi connectivity index (χ4v) is 2.15. The highest BCUT2D eigenvalue weighted by atomic mass is 79.9. The average molecular weight is 292 g/mol. The van der Waals surface area contributed by atoms with Crippen LogP contribution < -0.4 is 4.90 Å². The summed E-state index contributed by atoms with van der Waals surface area (Å²) in [7, 11) is 2.05. The summed E-state index contributed by atoms with van der Waals surface area (Å²) in [6, 6.07) is 8.08. The first-order chi connectivity index (χ1) is 8.31. The van der Waals surface area contributed by atoms with Crippen LogP contribution in [-0.4, -0.2) is 17.0 Å². The summed E-state index contributed by atoms with van der Waals surface area (Å²) >= 11 is 3.49. The molecule has 4 heteroatoms. The number of hydrogen-bond donors (Lipinski definition) is 0. The first kappa shape index (κ1) is 12.0. The van der Waals surface area contributed by atoms with E-state index < -0.39 is 0 Å². The SMILES string of the molecule is CN(Cc1ccncc1)c1ncccc1CBr. The Labute approximate surface area is 110 Å². The van der Waals surface area contributed by atoms with Crippen LogP contribution in [0.5, 0.6) is 0 Å². The van der Waals surface area contributed by atoms with Crippen LogP contribution in [0.1, 0.15) is 11.1 Å². The van der Waals surface area contributed by atoms with Gasteiger partial charge in [-0.2, -0.15) is 0 Å². The molecule has 0 N–H and O–H groups in total. The number of nitrogens with zero attached hydrogens (tertiary/aromatic N) is 3. The van der Waals surface area contributed by atoms with Crippen molar-refractivity contribution in [1.29, 1.82) is 0 Å². The minimum atomic E-state index is 0.816. The largest absolute Gasteiger partial charge is 0.355 e. The molecule has 0 aliphatic rings. The summed E-state index contributed by atoms with van der Waals surface area (Å²) in [5.74, 6) is 1.01. The van der Waals surface area contributed by atoms with Crippen molar-refractivity contribution in [3.63, 3.8) is 0 Å². The zero-order chi connectivity index (χ0) is 12.1. The zero-order valence-electron chi connectivity index (χ0n) is 9.68. The summed E-state index contributed by atoms with van der Waals surface area (Å²) < 4.78 is 0. The molecule has 2 rings (SSSR count). The fourth-order valence-electron chi connectivity index (χ4n) is 1.72. The molecule has 0 radical (unpaired) electrons. The molecule has 17 heavy (non-hydrogen) atoms. The van der Waals surface area contributed by atoms with E-state index in [1.807, 2.05) is 36.8 Å². The van der Waals surface area contributed by atoms with E-state index in [9.17, 15) is 0 Å². The molecule has 0 spiro atoms. The molecule has 2 heterocycles. The van der Waals surface area contributed by atoms with E-state index >= 15 is 0 Å². The van der Waals surface area contributed by atoms with Crippen LogP contribution in [0.4, 0.5) is 5.82 Å². The smallest absolute Gasteiger partial charge is 0.132 e. The maximum absolute atomic E-state index is 4.43. The standard InChI is InChI=1S/C13H14BrN3/c1-17(10-11-4-7-15-8-5-11)13-12(9-14)3-2-6-16-13/h2-8H,9-10H2,1H3. The van der Waals surface area contributed by atoms with Gasteiger partial charge in [-0.3, -0.25) is 4.98 Å². The van der Waals surface area contributed by atoms with Crippen molar-refractivity contribution in [2.75, 3.05) is 11.9 Å². The Bertz CT molecular complexity index is 473. The Balaban J connectivity index is 2.17. The van der Waals surface area contributed by atoms with Gasteiger partial charge in [-0.05, 0) is 23.8 Å². The van der Waals surface area contributed by atoms with Gasteiger partial charge in [0.05, 0.1) is 0 Å². The van der Waals surface area contributed by atoms with E-state index in [1.54, 1.807) is 0 Å². The van der Waals surface area contributed by atoms with Crippen LogP contribution in [0.15, 0.2) is 42.9 Å². The molecule has 0 aliphatic carbocycles. The average Bonchev–Trinajstić information content (AvgIpc) is 2.40. The number of alkyl halides is 1. The number of pyridine rings is 2. The lowest BCUT2D eigenvalue weighted by molar-refractivity contribution is 0.887. The van der Waals surface area contributed by atoms with E-state index in [0.717, 1.165) is 17.7 Å². The molecule has 0 unspecified atom stereocenters. The van der Waals surface area contributed by atoms with Gasteiger partial charge in [-0.1, -0.05) is 22.0 Å². The van der Waals surface area contributed by atoms with Crippen molar-refractivity contribution in [2.45, 2.75) is 11.9 Å². The quantitative estimate of drug-likeness (QED) is 0.811. The minimum Gasteiger partial charge on any atom is -0.355 e. The topological polar surface area (TPSA) is 29.0 Å². The number of rotatable bonds is 4. The lowest BCUT2D eigenvalue weighted by Crippen LogP contribution is -2.19. The van der Waals surface area contributed by atoms with Crippen LogP contribution in [-0.2, 0) is 11.9 Å². The van der Waals surface area contributed by atoms with Crippen LogP contribution in [0.2, 0.25) is 0 Å². The summed E-state index contributed by atoms with van der Waals surface area (Å²) in [5.41, 5.74) is 2.43. The minimum absolute atomic E-state index is 0.816. The van der Waals surface area contributed by atoms with Crippen LogP contribution in [0.3, 0.4) is 0 Å². The predicted octanol–water partition coefficient (Wildman–Crippen LogP) is 3.01. The van der Waals surface area contributed by atoms with Crippen LogP contribution in [0, 0.1) is 0 Å². The van der Waals surface area contributed by atoms with Crippen molar-refractivity contribution in [3.05, 3.63) is 54.0 Å². The summed E-state index contributed by atoms with van der Waals surface area (Å²) in [5, 5.41) is 0.816.